The van der Waals surface area contributed by atoms with Gasteiger partial charge in [-0.05, 0) is 36.5 Å². The van der Waals surface area contributed by atoms with Crippen LogP contribution in [0.25, 0.3) is 0 Å². The fourth-order valence-electron chi connectivity index (χ4n) is 3.63. The Labute approximate surface area is 138 Å². The first kappa shape index (κ1) is 15.0. The van der Waals surface area contributed by atoms with Gasteiger partial charge in [-0.15, -0.1) is 0 Å². The predicted octanol–water partition coefficient (Wildman–Crippen LogP) is 2.92. The maximum Gasteiger partial charge on any atom is 0.104 e. The van der Waals surface area contributed by atoms with Gasteiger partial charge in [0, 0.05) is 44.3 Å². The van der Waals surface area contributed by atoms with Crippen molar-refractivity contribution in [3.05, 3.63) is 65.7 Å². The first-order valence-electron chi connectivity index (χ1n) is 8.78. The van der Waals surface area contributed by atoms with Gasteiger partial charge >= 0.3 is 0 Å². The van der Waals surface area contributed by atoms with E-state index in [0.29, 0.717) is 0 Å². The van der Waals surface area contributed by atoms with E-state index in [-0.39, 0.29) is 0 Å². The van der Waals surface area contributed by atoms with Gasteiger partial charge in [0.1, 0.15) is 6.10 Å². The first-order valence-corrected chi connectivity index (χ1v) is 8.78. The highest BCUT2D eigenvalue weighted by Crippen LogP contribution is 2.31. The largest absolute Gasteiger partial charge is 0.384 e. The van der Waals surface area contributed by atoms with E-state index in [4.69, 9.17) is 0 Å². The number of hydrogen-bond donors (Lipinski definition) is 1. The molecule has 1 heterocycles. The predicted molar refractivity (Wildman–Crippen MR) is 92.7 cm³/mol. The zero-order valence-corrected chi connectivity index (χ0v) is 13.6. The molecule has 3 nitrogen and oxygen atoms in total. The Kier molecular flexibility index (Phi) is 4.23. The average molecular weight is 309 g/mol. The summed E-state index contributed by atoms with van der Waals surface area (Å²) in [4.78, 5) is 5.11. The highest BCUT2D eigenvalue weighted by Gasteiger charge is 2.31. The fourth-order valence-corrected chi connectivity index (χ4v) is 3.63. The molecule has 1 N–H and O–H groups in total. The van der Waals surface area contributed by atoms with Crippen LogP contribution in [0.1, 0.15) is 30.9 Å². The number of aliphatic hydroxyl groups is 1. The molecule has 4 rings (SSSR count). The third-order valence-corrected chi connectivity index (χ3v) is 5.17. The number of benzene rings is 1. The third kappa shape index (κ3) is 3.36. The van der Waals surface area contributed by atoms with E-state index in [9.17, 15) is 5.11 Å². The molecule has 1 radical (unpaired) electrons. The summed E-state index contributed by atoms with van der Waals surface area (Å²) in [7, 11) is 0. The van der Waals surface area contributed by atoms with Gasteiger partial charge in [0.2, 0.25) is 0 Å². The summed E-state index contributed by atoms with van der Waals surface area (Å²) >= 11 is 0. The molecule has 0 amide bonds. The van der Waals surface area contributed by atoms with Crippen molar-refractivity contribution in [2.45, 2.75) is 31.4 Å². The fraction of sp³-hybridized carbons (Fsp3) is 0.450. The first-order chi connectivity index (χ1) is 11.3. The lowest BCUT2D eigenvalue weighted by atomic mass is 9.94. The van der Waals surface area contributed by atoms with Gasteiger partial charge in [-0.1, -0.05) is 36.4 Å². The molecule has 2 aliphatic carbocycles. The molecule has 3 aliphatic rings. The lowest BCUT2D eigenvalue weighted by Gasteiger charge is -2.38. The quantitative estimate of drug-likeness (QED) is 0.926. The van der Waals surface area contributed by atoms with E-state index in [0.717, 1.165) is 36.7 Å². The van der Waals surface area contributed by atoms with Crippen molar-refractivity contribution in [3.63, 3.8) is 0 Å². The molecule has 1 aromatic rings. The normalized spacial score (nSPS) is 24.1. The Hall–Kier alpha value is -1.58. The number of piperazine rings is 1. The zero-order valence-electron chi connectivity index (χ0n) is 13.6. The van der Waals surface area contributed by atoms with Crippen LogP contribution in [-0.4, -0.2) is 47.1 Å². The topological polar surface area (TPSA) is 26.7 Å². The minimum atomic E-state index is -0.521. The standard InChI is InChI=1S/C20H25N2O/c23-20(16-5-2-1-3-6-16)17-7-4-8-19(15-17)22-13-11-21(12-14-22)18-9-10-18/h1-3,5-8,15,18,20,23H,4,9-14H2. The summed E-state index contributed by atoms with van der Waals surface area (Å²) in [6.07, 6.45) is 9.78. The summed E-state index contributed by atoms with van der Waals surface area (Å²) in [5.41, 5.74) is 3.28. The summed E-state index contributed by atoms with van der Waals surface area (Å²) in [6, 6.07) is 10.8. The second-order valence-corrected chi connectivity index (χ2v) is 6.78. The molecule has 1 unspecified atom stereocenters. The second-order valence-electron chi connectivity index (χ2n) is 6.78. The molecular weight excluding hydrogens is 284 g/mol. The van der Waals surface area contributed by atoms with E-state index < -0.39 is 6.10 Å². The van der Waals surface area contributed by atoms with Crippen molar-refractivity contribution in [1.82, 2.24) is 9.80 Å². The van der Waals surface area contributed by atoms with Crippen LogP contribution in [0, 0.1) is 6.42 Å². The maximum atomic E-state index is 10.6. The summed E-state index contributed by atoms with van der Waals surface area (Å²) in [5, 5.41) is 10.6. The van der Waals surface area contributed by atoms with Crippen LogP contribution in [0.2, 0.25) is 0 Å². The molecule has 1 aromatic carbocycles. The average Bonchev–Trinajstić information content (AvgIpc) is 3.47. The molecule has 23 heavy (non-hydrogen) atoms. The molecule has 0 spiro atoms. The van der Waals surface area contributed by atoms with Gasteiger partial charge in [-0.2, -0.15) is 0 Å². The Morgan fingerprint density at radius 1 is 1.00 bits per heavy atom. The monoisotopic (exact) mass is 309 g/mol. The molecule has 1 aliphatic heterocycles. The Bertz CT molecular complexity index is 595. The van der Waals surface area contributed by atoms with Crippen LogP contribution in [0.4, 0.5) is 0 Å². The van der Waals surface area contributed by atoms with Crippen molar-refractivity contribution in [2.75, 3.05) is 26.2 Å². The molecule has 1 saturated heterocycles. The lowest BCUT2D eigenvalue weighted by molar-refractivity contribution is 0.152. The van der Waals surface area contributed by atoms with E-state index >= 15 is 0 Å². The number of rotatable bonds is 4. The number of hydrogen-bond acceptors (Lipinski definition) is 3. The molecular formula is C20H25N2O. The highest BCUT2D eigenvalue weighted by atomic mass is 16.3. The van der Waals surface area contributed by atoms with Crippen molar-refractivity contribution < 1.29 is 5.11 Å². The van der Waals surface area contributed by atoms with Crippen LogP contribution >= 0.6 is 0 Å². The van der Waals surface area contributed by atoms with Crippen molar-refractivity contribution in [3.8, 4) is 0 Å². The lowest BCUT2D eigenvalue weighted by Crippen LogP contribution is -2.46. The number of aliphatic hydroxyl groups excluding tert-OH is 1. The van der Waals surface area contributed by atoms with Crippen molar-refractivity contribution >= 4 is 0 Å². The Balaban J connectivity index is 1.43. The minimum absolute atomic E-state index is 0.521. The molecule has 1 saturated carbocycles. The molecule has 0 bridgehead atoms. The third-order valence-electron chi connectivity index (χ3n) is 5.17. The number of nitrogens with zero attached hydrogens (tertiary/aromatic N) is 2. The van der Waals surface area contributed by atoms with Crippen LogP contribution in [0.5, 0.6) is 0 Å². The van der Waals surface area contributed by atoms with E-state index in [1.807, 2.05) is 30.3 Å². The molecule has 0 aromatic heterocycles. The van der Waals surface area contributed by atoms with Gasteiger partial charge in [0.05, 0.1) is 0 Å². The Morgan fingerprint density at radius 3 is 2.43 bits per heavy atom. The zero-order chi connectivity index (χ0) is 15.6. The molecule has 3 heteroatoms. The van der Waals surface area contributed by atoms with Crippen LogP contribution in [0.15, 0.2) is 53.8 Å². The van der Waals surface area contributed by atoms with Gasteiger partial charge in [0.25, 0.3) is 0 Å². The van der Waals surface area contributed by atoms with E-state index in [1.165, 1.54) is 31.6 Å². The van der Waals surface area contributed by atoms with Gasteiger partial charge in [-0.3, -0.25) is 4.90 Å². The maximum absolute atomic E-state index is 10.6. The van der Waals surface area contributed by atoms with Crippen molar-refractivity contribution in [2.24, 2.45) is 0 Å². The highest BCUT2D eigenvalue weighted by molar-refractivity contribution is 5.39. The van der Waals surface area contributed by atoms with E-state index in [2.05, 4.69) is 28.4 Å². The SMILES string of the molecule is OC(C1=CC[CH]C(N2CCN(C3CC3)CC2)=C1)c1ccccc1. The van der Waals surface area contributed by atoms with Gasteiger partial charge < -0.3 is 10.0 Å². The van der Waals surface area contributed by atoms with Crippen LogP contribution < -0.4 is 0 Å². The van der Waals surface area contributed by atoms with Crippen LogP contribution in [0.3, 0.4) is 0 Å². The number of allylic oxidation sites excluding steroid dienone is 2. The molecule has 121 valence electrons. The second kappa shape index (κ2) is 6.50. The summed E-state index contributed by atoms with van der Waals surface area (Å²) in [5.74, 6) is 0. The van der Waals surface area contributed by atoms with Crippen molar-refractivity contribution in [1.29, 1.82) is 0 Å². The summed E-state index contributed by atoms with van der Waals surface area (Å²) < 4.78 is 0. The van der Waals surface area contributed by atoms with Crippen LogP contribution in [-0.2, 0) is 0 Å². The smallest absolute Gasteiger partial charge is 0.104 e. The molecule has 2 fully saturated rings. The van der Waals surface area contributed by atoms with E-state index in [1.54, 1.807) is 0 Å². The summed E-state index contributed by atoms with van der Waals surface area (Å²) in [6.45, 7) is 4.56. The van der Waals surface area contributed by atoms with Gasteiger partial charge in [-0.25, -0.2) is 0 Å². The Morgan fingerprint density at radius 2 is 1.74 bits per heavy atom. The minimum Gasteiger partial charge on any atom is -0.384 e. The molecule has 1 atom stereocenters. The van der Waals surface area contributed by atoms with Gasteiger partial charge in [0.15, 0.2) is 0 Å².